The highest BCUT2D eigenvalue weighted by Crippen LogP contribution is 2.21. The maximum atomic E-state index is 12.0. The third-order valence-electron chi connectivity index (χ3n) is 3.48. The van der Waals surface area contributed by atoms with E-state index in [1.165, 1.54) is 17.3 Å². The number of hydrogen-bond donors (Lipinski definition) is 1. The summed E-state index contributed by atoms with van der Waals surface area (Å²) >= 11 is 1.54. The van der Waals surface area contributed by atoms with Crippen molar-refractivity contribution in [3.63, 3.8) is 0 Å². The fourth-order valence-electron chi connectivity index (χ4n) is 2.17. The lowest BCUT2D eigenvalue weighted by Gasteiger charge is -2.13. The van der Waals surface area contributed by atoms with E-state index >= 15 is 0 Å². The van der Waals surface area contributed by atoms with Crippen molar-refractivity contribution >= 4 is 17.7 Å². The monoisotopic (exact) mass is 329 g/mol. The van der Waals surface area contributed by atoms with E-state index in [9.17, 15) is 4.79 Å². The lowest BCUT2D eigenvalue weighted by atomic mass is 10.0. The molecular formula is C19H23NO2S. The third-order valence-corrected chi connectivity index (χ3v) is 4.49. The Morgan fingerprint density at radius 1 is 1.13 bits per heavy atom. The number of carbonyl (C=O) groups is 1. The van der Waals surface area contributed by atoms with Crippen LogP contribution >= 0.6 is 11.8 Å². The Balaban J connectivity index is 1.72. The second-order valence-corrected chi connectivity index (χ2v) is 6.36. The first kappa shape index (κ1) is 17.4. The van der Waals surface area contributed by atoms with Gasteiger partial charge in [0, 0.05) is 11.4 Å². The zero-order valence-electron chi connectivity index (χ0n) is 13.6. The maximum Gasteiger partial charge on any atom is 0.230 e. The molecule has 0 radical (unpaired) electrons. The Morgan fingerprint density at radius 2 is 1.83 bits per heavy atom. The van der Waals surface area contributed by atoms with Gasteiger partial charge in [-0.25, -0.2) is 0 Å². The minimum atomic E-state index is 0.0617. The van der Waals surface area contributed by atoms with Crippen molar-refractivity contribution in [2.24, 2.45) is 0 Å². The molecule has 2 aromatic carbocycles. The molecule has 0 saturated carbocycles. The minimum Gasteiger partial charge on any atom is -0.494 e. The molecule has 3 nitrogen and oxygen atoms in total. The number of benzene rings is 2. The average molecular weight is 329 g/mol. The second kappa shape index (κ2) is 9.26. The molecule has 0 heterocycles. The van der Waals surface area contributed by atoms with Crippen LogP contribution in [-0.4, -0.2) is 24.8 Å². The van der Waals surface area contributed by atoms with Gasteiger partial charge in [-0.15, -0.1) is 11.8 Å². The van der Waals surface area contributed by atoms with Crippen LogP contribution in [0.4, 0.5) is 0 Å². The molecule has 1 amide bonds. The quantitative estimate of drug-likeness (QED) is 0.741. The molecule has 0 bridgehead atoms. The predicted octanol–water partition coefficient (Wildman–Crippen LogP) is 4.10. The number of carbonyl (C=O) groups excluding carboxylic acids is 1. The van der Waals surface area contributed by atoms with Gasteiger partial charge >= 0.3 is 0 Å². The van der Waals surface area contributed by atoms with Gasteiger partial charge < -0.3 is 10.1 Å². The summed E-state index contributed by atoms with van der Waals surface area (Å²) in [4.78, 5) is 13.0. The smallest absolute Gasteiger partial charge is 0.230 e. The third kappa shape index (κ3) is 5.99. The number of rotatable bonds is 8. The van der Waals surface area contributed by atoms with Gasteiger partial charge in [-0.05, 0) is 42.7 Å². The fraction of sp³-hybridized carbons (Fsp3) is 0.316. The van der Waals surface area contributed by atoms with Gasteiger partial charge in [-0.2, -0.15) is 0 Å². The highest BCUT2D eigenvalue weighted by Gasteiger charge is 2.08. The van der Waals surface area contributed by atoms with Crippen LogP contribution in [0.1, 0.15) is 25.3 Å². The summed E-state index contributed by atoms with van der Waals surface area (Å²) in [5.41, 5.74) is 1.24. The molecule has 2 aromatic rings. The van der Waals surface area contributed by atoms with Crippen molar-refractivity contribution < 1.29 is 9.53 Å². The molecular weight excluding hydrogens is 306 g/mol. The number of amides is 1. The van der Waals surface area contributed by atoms with Crippen molar-refractivity contribution in [3.8, 4) is 5.75 Å². The van der Waals surface area contributed by atoms with Crippen molar-refractivity contribution in [1.82, 2.24) is 5.32 Å². The Hall–Kier alpha value is -1.94. The van der Waals surface area contributed by atoms with E-state index < -0.39 is 0 Å². The summed E-state index contributed by atoms with van der Waals surface area (Å²) < 4.78 is 5.40. The lowest BCUT2D eigenvalue weighted by molar-refractivity contribution is -0.118. The van der Waals surface area contributed by atoms with Crippen molar-refractivity contribution in [1.29, 1.82) is 0 Å². The van der Waals surface area contributed by atoms with Crippen LogP contribution in [0.25, 0.3) is 0 Å². The first-order valence-corrected chi connectivity index (χ1v) is 8.85. The zero-order valence-corrected chi connectivity index (χ0v) is 14.4. The molecule has 0 fully saturated rings. The Labute approximate surface area is 142 Å². The SMILES string of the molecule is CCOc1ccc(SCC(=O)NCC(C)c2ccccc2)cc1. The largest absolute Gasteiger partial charge is 0.494 e. The van der Waals surface area contributed by atoms with Crippen LogP contribution in [0.2, 0.25) is 0 Å². The summed E-state index contributed by atoms with van der Waals surface area (Å²) in [6.45, 7) is 5.40. The van der Waals surface area contributed by atoms with Gasteiger partial charge in [0.2, 0.25) is 5.91 Å². The molecule has 2 rings (SSSR count). The van der Waals surface area contributed by atoms with E-state index in [-0.39, 0.29) is 5.91 Å². The minimum absolute atomic E-state index is 0.0617. The number of hydrogen-bond acceptors (Lipinski definition) is 3. The van der Waals surface area contributed by atoms with Crippen LogP contribution in [0.3, 0.4) is 0 Å². The van der Waals surface area contributed by atoms with E-state index in [1.54, 1.807) is 0 Å². The number of ether oxygens (including phenoxy) is 1. The molecule has 23 heavy (non-hydrogen) atoms. The highest BCUT2D eigenvalue weighted by molar-refractivity contribution is 8.00. The lowest BCUT2D eigenvalue weighted by Crippen LogP contribution is -2.28. The Bertz CT molecular complexity index is 599. The van der Waals surface area contributed by atoms with Gasteiger partial charge in [0.15, 0.2) is 0 Å². The molecule has 0 aliphatic rings. The van der Waals surface area contributed by atoms with Gasteiger partial charge in [0.05, 0.1) is 12.4 Å². The first-order chi connectivity index (χ1) is 11.2. The van der Waals surface area contributed by atoms with Gasteiger partial charge in [0.1, 0.15) is 5.75 Å². The summed E-state index contributed by atoms with van der Waals surface area (Å²) in [7, 11) is 0. The molecule has 1 atom stereocenters. The van der Waals surface area contributed by atoms with E-state index in [0.717, 1.165) is 10.6 Å². The Kier molecular flexibility index (Phi) is 7.01. The summed E-state index contributed by atoms with van der Waals surface area (Å²) in [6, 6.07) is 18.1. The molecule has 122 valence electrons. The second-order valence-electron chi connectivity index (χ2n) is 5.31. The number of thioether (sulfide) groups is 1. The fourth-order valence-corrected chi connectivity index (χ4v) is 2.89. The molecule has 0 saturated heterocycles. The molecule has 0 aromatic heterocycles. The van der Waals surface area contributed by atoms with E-state index in [1.807, 2.05) is 49.4 Å². The van der Waals surface area contributed by atoms with Crippen LogP contribution < -0.4 is 10.1 Å². The standard InChI is InChI=1S/C19H23NO2S/c1-3-22-17-9-11-18(12-10-17)23-14-19(21)20-13-15(2)16-7-5-4-6-8-16/h4-12,15H,3,13-14H2,1-2H3,(H,20,21). The molecule has 1 N–H and O–H groups in total. The molecule has 0 aliphatic heterocycles. The van der Waals surface area contributed by atoms with Gasteiger partial charge in [-0.3, -0.25) is 4.79 Å². The summed E-state index contributed by atoms with van der Waals surface area (Å²) in [5, 5.41) is 3.00. The van der Waals surface area contributed by atoms with E-state index in [2.05, 4.69) is 24.4 Å². The summed E-state index contributed by atoms with van der Waals surface area (Å²) in [5.74, 6) is 1.66. The summed E-state index contributed by atoms with van der Waals surface area (Å²) in [6.07, 6.45) is 0. The first-order valence-electron chi connectivity index (χ1n) is 7.86. The molecule has 0 aliphatic carbocycles. The van der Waals surface area contributed by atoms with Crippen LogP contribution in [-0.2, 0) is 4.79 Å². The zero-order chi connectivity index (χ0) is 16.5. The molecule has 1 unspecified atom stereocenters. The van der Waals surface area contributed by atoms with Gasteiger partial charge in [0.25, 0.3) is 0 Å². The topological polar surface area (TPSA) is 38.3 Å². The molecule has 4 heteroatoms. The molecule has 0 spiro atoms. The van der Waals surface area contributed by atoms with Crippen molar-refractivity contribution in [2.75, 3.05) is 18.9 Å². The normalized spacial score (nSPS) is 11.7. The van der Waals surface area contributed by atoms with E-state index in [4.69, 9.17) is 4.74 Å². The maximum absolute atomic E-state index is 12.0. The van der Waals surface area contributed by atoms with E-state index in [0.29, 0.717) is 24.8 Å². The number of nitrogens with one attached hydrogen (secondary N) is 1. The van der Waals surface area contributed by atoms with Crippen molar-refractivity contribution in [2.45, 2.75) is 24.7 Å². The van der Waals surface area contributed by atoms with Gasteiger partial charge in [-0.1, -0.05) is 37.3 Å². The van der Waals surface area contributed by atoms with Crippen LogP contribution in [0.5, 0.6) is 5.75 Å². The van der Waals surface area contributed by atoms with Crippen LogP contribution in [0.15, 0.2) is 59.5 Å². The Morgan fingerprint density at radius 3 is 2.48 bits per heavy atom. The predicted molar refractivity (Wildman–Crippen MR) is 96.2 cm³/mol. The average Bonchev–Trinajstić information content (AvgIpc) is 2.60. The highest BCUT2D eigenvalue weighted by atomic mass is 32.2. The van der Waals surface area contributed by atoms with Crippen LogP contribution in [0, 0.1) is 0 Å². The van der Waals surface area contributed by atoms with Crippen molar-refractivity contribution in [3.05, 3.63) is 60.2 Å².